The predicted molar refractivity (Wildman–Crippen MR) is 109 cm³/mol. The standard InChI is InChI=1S/C21H28BNO7/c1-2-7-18(24)23-17-12-15-10-6-11-16(19(15)30-22(17)27)21(26)29-13-28-20(25)14-8-4-3-5-9-14/h6,10-11,14,17,27H,2-5,7-9,12-13H2,1H3,(H,23,24)/t17-/m0/s1. The summed E-state index contributed by atoms with van der Waals surface area (Å²) in [7, 11) is -1.28. The molecule has 0 spiro atoms. The van der Waals surface area contributed by atoms with E-state index < -0.39 is 25.8 Å². The fourth-order valence-electron chi connectivity index (χ4n) is 3.89. The molecule has 1 atom stereocenters. The fourth-order valence-corrected chi connectivity index (χ4v) is 3.89. The number of esters is 2. The van der Waals surface area contributed by atoms with Gasteiger partial charge >= 0.3 is 19.1 Å². The van der Waals surface area contributed by atoms with Crippen molar-refractivity contribution < 1.29 is 33.5 Å². The summed E-state index contributed by atoms with van der Waals surface area (Å²) < 4.78 is 15.7. The van der Waals surface area contributed by atoms with E-state index in [2.05, 4.69) is 5.32 Å². The summed E-state index contributed by atoms with van der Waals surface area (Å²) in [5, 5.41) is 13.0. The van der Waals surface area contributed by atoms with Crippen LogP contribution in [0.15, 0.2) is 18.2 Å². The van der Waals surface area contributed by atoms with Crippen LogP contribution in [0.25, 0.3) is 0 Å². The summed E-state index contributed by atoms with van der Waals surface area (Å²) in [6, 6.07) is 4.96. The molecular formula is C21H28BNO7. The van der Waals surface area contributed by atoms with Gasteiger partial charge in [-0.3, -0.25) is 9.59 Å². The zero-order valence-corrected chi connectivity index (χ0v) is 17.2. The molecule has 8 nitrogen and oxygen atoms in total. The number of amides is 1. The lowest BCUT2D eigenvalue weighted by atomic mass is 9.72. The van der Waals surface area contributed by atoms with E-state index in [9.17, 15) is 19.4 Å². The number of hydrogen-bond acceptors (Lipinski definition) is 7. The van der Waals surface area contributed by atoms with E-state index in [1.807, 2.05) is 6.92 Å². The lowest BCUT2D eigenvalue weighted by molar-refractivity contribution is -0.158. The molecule has 2 aliphatic rings. The second-order valence-electron chi connectivity index (χ2n) is 7.78. The smallest absolute Gasteiger partial charge is 0.534 e. The number of rotatable bonds is 7. The zero-order chi connectivity index (χ0) is 21.5. The van der Waals surface area contributed by atoms with Gasteiger partial charge in [-0.1, -0.05) is 38.3 Å². The number of ether oxygens (including phenoxy) is 2. The molecule has 30 heavy (non-hydrogen) atoms. The maximum atomic E-state index is 12.5. The summed E-state index contributed by atoms with van der Waals surface area (Å²) in [6.45, 7) is 1.43. The Morgan fingerprint density at radius 3 is 2.70 bits per heavy atom. The van der Waals surface area contributed by atoms with Crippen molar-refractivity contribution in [2.75, 3.05) is 6.79 Å². The third-order valence-electron chi connectivity index (χ3n) is 5.49. The van der Waals surface area contributed by atoms with Gasteiger partial charge in [-0.25, -0.2) is 4.79 Å². The number of carbonyl (C=O) groups is 3. The van der Waals surface area contributed by atoms with E-state index in [-0.39, 0.29) is 29.1 Å². The number of nitrogens with one attached hydrogen (secondary N) is 1. The predicted octanol–water partition coefficient (Wildman–Crippen LogP) is 2.16. The maximum Gasteiger partial charge on any atom is 0.547 e. The van der Waals surface area contributed by atoms with Gasteiger partial charge in [-0.15, -0.1) is 0 Å². The van der Waals surface area contributed by atoms with Crippen molar-refractivity contribution in [3.05, 3.63) is 29.3 Å². The molecule has 1 aliphatic carbocycles. The molecule has 2 N–H and O–H groups in total. The molecule has 0 radical (unpaired) electrons. The Kier molecular flexibility index (Phi) is 7.73. The topological polar surface area (TPSA) is 111 Å². The van der Waals surface area contributed by atoms with Gasteiger partial charge in [-0.05, 0) is 37.3 Å². The first-order valence-electron chi connectivity index (χ1n) is 10.6. The van der Waals surface area contributed by atoms with Crippen LogP contribution in [-0.2, 0) is 25.5 Å². The Morgan fingerprint density at radius 2 is 1.97 bits per heavy atom. The van der Waals surface area contributed by atoms with Crippen molar-refractivity contribution in [3.8, 4) is 5.75 Å². The second kappa shape index (κ2) is 10.5. The molecule has 1 aromatic rings. The summed E-state index contributed by atoms with van der Waals surface area (Å²) in [6.07, 6.45) is 6.15. The molecule has 3 rings (SSSR count). The molecule has 0 saturated heterocycles. The number of benzene rings is 1. The third kappa shape index (κ3) is 5.53. The highest BCUT2D eigenvalue weighted by atomic mass is 16.7. The van der Waals surface area contributed by atoms with E-state index >= 15 is 0 Å². The Hall–Kier alpha value is -2.55. The van der Waals surface area contributed by atoms with Crippen LogP contribution in [-0.4, -0.2) is 42.7 Å². The van der Waals surface area contributed by atoms with Gasteiger partial charge in [0, 0.05) is 6.42 Å². The molecule has 1 amide bonds. The van der Waals surface area contributed by atoms with Gasteiger partial charge in [0.1, 0.15) is 11.3 Å². The average molecular weight is 417 g/mol. The average Bonchev–Trinajstić information content (AvgIpc) is 2.74. The molecule has 162 valence electrons. The van der Waals surface area contributed by atoms with Gasteiger partial charge in [0.15, 0.2) is 0 Å². The molecule has 0 aromatic heterocycles. The Morgan fingerprint density at radius 1 is 1.20 bits per heavy atom. The van der Waals surface area contributed by atoms with Crippen LogP contribution in [0.4, 0.5) is 0 Å². The lowest BCUT2D eigenvalue weighted by Gasteiger charge is -2.29. The highest BCUT2D eigenvalue weighted by Gasteiger charge is 2.37. The van der Waals surface area contributed by atoms with E-state index in [0.29, 0.717) is 24.8 Å². The Labute approximate surface area is 176 Å². The van der Waals surface area contributed by atoms with E-state index in [4.69, 9.17) is 14.1 Å². The third-order valence-corrected chi connectivity index (χ3v) is 5.49. The fraction of sp³-hybridized carbons (Fsp3) is 0.571. The minimum atomic E-state index is -1.28. The molecule has 1 heterocycles. The summed E-state index contributed by atoms with van der Waals surface area (Å²) in [5.41, 5.74) is 0.814. The quantitative estimate of drug-likeness (QED) is 0.397. The molecule has 0 unspecified atom stereocenters. The number of hydrogen-bond donors (Lipinski definition) is 2. The van der Waals surface area contributed by atoms with Crippen LogP contribution < -0.4 is 9.97 Å². The zero-order valence-electron chi connectivity index (χ0n) is 17.2. The van der Waals surface area contributed by atoms with Crippen LogP contribution in [0.3, 0.4) is 0 Å². The summed E-state index contributed by atoms with van der Waals surface area (Å²) >= 11 is 0. The second-order valence-corrected chi connectivity index (χ2v) is 7.78. The van der Waals surface area contributed by atoms with Crippen molar-refractivity contribution in [2.45, 2.75) is 64.2 Å². The van der Waals surface area contributed by atoms with Crippen molar-refractivity contribution in [1.29, 1.82) is 0 Å². The van der Waals surface area contributed by atoms with Crippen molar-refractivity contribution in [1.82, 2.24) is 5.32 Å². The van der Waals surface area contributed by atoms with E-state index in [1.165, 1.54) is 6.07 Å². The molecule has 1 saturated carbocycles. The highest BCUT2D eigenvalue weighted by molar-refractivity contribution is 6.47. The van der Waals surface area contributed by atoms with Crippen LogP contribution in [0.2, 0.25) is 0 Å². The normalized spacial score (nSPS) is 18.7. The minimum Gasteiger partial charge on any atom is -0.534 e. The summed E-state index contributed by atoms with van der Waals surface area (Å²) in [4.78, 5) is 36.4. The molecule has 1 fully saturated rings. The first-order chi connectivity index (χ1) is 14.5. The number of para-hydroxylation sites is 1. The first-order valence-corrected chi connectivity index (χ1v) is 10.6. The molecule has 1 aromatic carbocycles. The van der Waals surface area contributed by atoms with Crippen molar-refractivity contribution in [3.63, 3.8) is 0 Å². The highest BCUT2D eigenvalue weighted by Crippen LogP contribution is 2.31. The Balaban J connectivity index is 1.57. The van der Waals surface area contributed by atoms with Crippen molar-refractivity contribution in [2.24, 2.45) is 5.92 Å². The van der Waals surface area contributed by atoms with Gasteiger partial charge in [0.25, 0.3) is 0 Å². The van der Waals surface area contributed by atoms with Gasteiger partial charge in [0.05, 0.1) is 11.9 Å². The Bertz CT molecular complexity index is 779. The number of fused-ring (bicyclic) bond motifs is 1. The molecular weight excluding hydrogens is 389 g/mol. The molecule has 9 heteroatoms. The summed E-state index contributed by atoms with van der Waals surface area (Å²) in [5.74, 6) is -1.71. The SMILES string of the molecule is CCCC(=O)N[C@H]1Cc2cccc(C(=O)OCOC(=O)C3CCCCC3)c2OB1O. The van der Waals surface area contributed by atoms with Crippen LogP contribution in [0, 0.1) is 5.92 Å². The largest absolute Gasteiger partial charge is 0.547 e. The molecule has 1 aliphatic heterocycles. The van der Waals surface area contributed by atoms with E-state index in [0.717, 1.165) is 32.1 Å². The molecule has 0 bridgehead atoms. The van der Waals surface area contributed by atoms with Crippen LogP contribution in [0.5, 0.6) is 5.75 Å². The van der Waals surface area contributed by atoms with E-state index in [1.54, 1.807) is 12.1 Å². The maximum absolute atomic E-state index is 12.5. The number of carbonyl (C=O) groups excluding carboxylic acids is 3. The van der Waals surface area contributed by atoms with Gasteiger partial charge < -0.3 is 24.5 Å². The lowest BCUT2D eigenvalue weighted by Crippen LogP contribution is -2.53. The van der Waals surface area contributed by atoms with Crippen LogP contribution in [0.1, 0.15) is 67.8 Å². The minimum absolute atomic E-state index is 0.125. The first kappa shape index (κ1) is 22.1. The van der Waals surface area contributed by atoms with Gasteiger partial charge in [0.2, 0.25) is 12.7 Å². The van der Waals surface area contributed by atoms with Crippen LogP contribution >= 0.6 is 0 Å². The van der Waals surface area contributed by atoms with Gasteiger partial charge in [-0.2, -0.15) is 0 Å². The van der Waals surface area contributed by atoms with Crippen molar-refractivity contribution >= 4 is 25.0 Å². The monoisotopic (exact) mass is 417 g/mol.